The van der Waals surface area contributed by atoms with Gasteiger partial charge in [-0.1, -0.05) is 13.8 Å². The van der Waals surface area contributed by atoms with Gasteiger partial charge < -0.3 is 54.0 Å². The number of fused-ring (bicyclic) bond motifs is 5. The first kappa shape index (κ1) is 34.3. The predicted octanol–water partition coefficient (Wildman–Crippen LogP) is 1.57. The van der Waals surface area contributed by atoms with Crippen LogP contribution in [0.15, 0.2) is 11.6 Å². The van der Waals surface area contributed by atoms with Gasteiger partial charge in [-0.3, -0.25) is 0 Å². The summed E-state index contributed by atoms with van der Waals surface area (Å²) in [5, 5.41) is 54.1. The lowest BCUT2D eigenvalue weighted by molar-refractivity contribution is -0.352. The Hall–Kier alpha value is -1.19. The van der Waals surface area contributed by atoms with Crippen molar-refractivity contribution in [1.29, 1.82) is 0 Å². The van der Waals surface area contributed by atoms with Crippen LogP contribution in [0.3, 0.4) is 0 Å². The molecule has 3 heterocycles. The molecule has 4 saturated carbocycles. The lowest BCUT2D eigenvalue weighted by Gasteiger charge is -2.64. The first-order chi connectivity index (χ1) is 22.3. The molecule has 2 saturated heterocycles. The lowest BCUT2D eigenvalue weighted by atomic mass is 9.43. The average molecular weight is 667 g/mol. The number of hydrogen-bond donors (Lipinski definition) is 5. The highest BCUT2D eigenvalue weighted by molar-refractivity contribution is 5.85. The molecule has 12 nitrogen and oxygen atoms in total. The number of carbonyl (C=O) groups excluding carboxylic acids is 1. The van der Waals surface area contributed by atoms with E-state index in [1.807, 2.05) is 0 Å². The number of ether oxygens (including phenoxy) is 6. The molecule has 266 valence electrons. The van der Waals surface area contributed by atoms with Gasteiger partial charge in [0, 0.05) is 18.6 Å². The Balaban J connectivity index is 0.992. The van der Waals surface area contributed by atoms with Gasteiger partial charge in [0.2, 0.25) is 0 Å². The van der Waals surface area contributed by atoms with Crippen LogP contribution in [0.25, 0.3) is 0 Å². The van der Waals surface area contributed by atoms with E-state index < -0.39 is 60.9 Å². The molecule has 0 unspecified atom stereocenters. The van der Waals surface area contributed by atoms with Crippen molar-refractivity contribution >= 4 is 5.97 Å². The van der Waals surface area contributed by atoms with E-state index in [-0.39, 0.29) is 41.3 Å². The molecule has 0 amide bonds. The molecule has 0 aromatic rings. The van der Waals surface area contributed by atoms with Gasteiger partial charge in [0.25, 0.3) is 0 Å². The van der Waals surface area contributed by atoms with Crippen molar-refractivity contribution < 1.29 is 58.7 Å². The second-order valence-electron chi connectivity index (χ2n) is 16.1. The first-order valence-electron chi connectivity index (χ1n) is 17.7. The topological polar surface area (TPSA) is 174 Å². The summed E-state index contributed by atoms with van der Waals surface area (Å²) in [6, 6.07) is 0. The highest BCUT2D eigenvalue weighted by Crippen LogP contribution is 2.70. The maximum absolute atomic E-state index is 12.5. The van der Waals surface area contributed by atoms with E-state index in [1.165, 1.54) is 7.11 Å². The molecule has 7 aliphatic rings. The van der Waals surface area contributed by atoms with E-state index in [1.54, 1.807) is 13.0 Å². The molecule has 5 N–H and O–H groups in total. The maximum Gasteiger partial charge on any atom is 0.331 e. The summed E-state index contributed by atoms with van der Waals surface area (Å²) in [6.07, 6.45) is 0.149. The van der Waals surface area contributed by atoms with Gasteiger partial charge >= 0.3 is 5.97 Å². The first-order valence-corrected chi connectivity index (χ1v) is 17.7. The normalized spacial score (nSPS) is 54.7. The van der Waals surface area contributed by atoms with Crippen molar-refractivity contribution in [2.45, 2.75) is 146 Å². The average Bonchev–Trinajstić information content (AvgIpc) is 3.59. The minimum Gasteiger partial charge on any atom is -0.458 e. The van der Waals surface area contributed by atoms with Gasteiger partial charge in [0.05, 0.1) is 24.4 Å². The van der Waals surface area contributed by atoms with Gasteiger partial charge in [0.1, 0.15) is 43.2 Å². The van der Waals surface area contributed by atoms with Gasteiger partial charge in [-0.2, -0.15) is 0 Å². The van der Waals surface area contributed by atoms with E-state index in [9.17, 15) is 30.3 Å². The smallest absolute Gasteiger partial charge is 0.331 e. The molecule has 0 aromatic carbocycles. The Morgan fingerprint density at radius 3 is 2.38 bits per heavy atom. The molecule has 4 aliphatic carbocycles. The molecule has 0 aromatic heterocycles. The van der Waals surface area contributed by atoms with Crippen LogP contribution in [0.2, 0.25) is 0 Å². The minimum absolute atomic E-state index is 0.0793. The van der Waals surface area contributed by atoms with E-state index in [0.29, 0.717) is 18.4 Å². The molecule has 6 fully saturated rings. The van der Waals surface area contributed by atoms with E-state index in [0.717, 1.165) is 63.4 Å². The number of carbonyl (C=O) groups is 1. The molecular formula is C35H54O12. The second kappa shape index (κ2) is 12.5. The van der Waals surface area contributed by atoms with Crippen molar-refractivity contribution in [3.05, 3.63) is 11.6 Å². The molecule has 47 heavy (non-hydrogen) atoms. The van der Waals surface area contributed by atoms with Gasteiger partial charge in [-0.05, 0) is 99.4 Å². The molecule has 0 radical (unpaired) electrons. The van der Waals surface area contributed by atoms with E-state index in [2.05, 4.69) is 13.8 Å². The predicted molar refractivity (Wildman–Crippen MR) is 164 cm³/mol. The third kappa shape index (κ3) is 5.45. The summed E-state index contributed by atoms with van der Waals surface area (Å²) in [7, 11) is 1.47. The summed E-state index contributed by atoms with van der Waals surface area (Å²) in [5.74, 6) is 0.986. The zero-order valence-corrected chi connectivity index (χ0v) is 28.0. The third-order valence-electron chi connectivity index (χ3n) is 14.0. The van der Waals surface area contributed by atoms with Crippen LogP contribution in [-0.4, -0.2) is 119 Å². The minimum atomic E-state index is -1.47. The van der Waals surface area contributed by atoms with Crippen LogP contribution in [0.4, 0.5) is 0 Å². The Labute approximate surface area is 276 Å². The fraction of sp³-hybridized carbons (Fsp3) is 0.914. The lowest BCUT2D eigenvalue weighted by Crippen LogP contribution is -2.63. The fourth-order valence-electron chi connectivity index (χ4n) is 11.3. The summed E-state index contributed by atoms with van der Waals surface area (Å²) in [5.41, 5.74) is 0.118. The number of cyclic esters (lactones) is 1. The van der Waals surface area contributed by atoms with Crippen LogP contribution in [0, 0.1) is 34.5 Å². The van der Waals surface area contributed by atoms with Crippen molar-refractivity contribution in [2.75, 3.05) is 20.3 Å². The van der Waals surface area contributed by atoms with Gasteiger partial charge in [-0.15, -0.1) is 0 Å². The zero-order chi connectivity index (χ0) is 33.5. The fourth-order valence-corrected chi connectivity index (χ4v) is 11.3. The molecule has 0 bridgehead atoms. The molecule has 17 atom stereocenters. The van der Waals surface area contributed by atoms with Crippen LogP contribution in [-0.2, 0) is 33.2 Å². The monoisotopic (exact) mass is 666 g/mol. The quantitative estimate of drug-likeness (QED) is 0.205. The summed E-state index contributed by atoms with van der Waals surface area (Å²) >= 11 is 0. The number of aliphatic hydroxyl groups excluding tert-OH is 4. The van der Waals surface area contributed by atoms with Gasteiger partial charge in [-0.25, -0.2) is 4.79 Å². The summed E-state index contributed by atoms with van der Waals surface area (Å²) < 4.78 is 35.0. The summed E-state index contributed by atoms with van der Waals surface area (Å²) in [4.78, 5) is 11.9. The van der Waals surface area contributed by atoms with Gasteiger partial charge in [0.15, 0.2) is 12.6 Å². The second-order valence-corrected chi connectivity index (χ2v) is 16.1. The Bertz CT molecular complexity index is 1210. The molecule has 7 rings (SSSR count). The number of rotatable bonds is 6. The summed E-state index contributed by atoms with van der Waals surface area (Å²) in [6.45, 7) is 6.61. The van der Waals surface area contributed by atoms with Crippen molar-refractivity contribution in [2.24, 2.45) is 34.5 Å². The number of methoxy groups -OCH3 is 1. The molecule has 3 aliphatic heterocycles. The van der Waals surface area contributed by atoms with E-state index in [4.69, 9.17) is 28.4 Å². The van der Waals surface area contributed by atoms with Crippen molar-refractivity contribution in [1.82, 2.24) is 0 Å². The standard InChI is InChI=1S/C35H54O12/c1-17-29(47-31-27(39)26(38)24(36)16-44-31)30(42-4)28(40)32(45-17)46-20-7-10-33(2)19(14-20)5-6-23-22(33)8-11-34(3)21(9-12-35(23,34)41)18-13-25(37)43-15-18/h13,17,19-24,26-32,36,38-41H,5-12,14-16H2,1-4H3/t17-,19+,20+,21-,22+,23-,24-,26+,27-,28-,29+,30-,31+,32+,33+,34-,35-/m1/s1. The van der Waals surface area contributed by atoms with Crippen LogP contribution in [0.5, 0.6) is 0 Å². The third-order valence-corrected chi connectivity index (χ3v) is 14.0. The maximum atomic E-state index is 12.5. The van der Waals surface area contributed by atoms with Crippen LogP contribution < -0.4 is 0 Å². The SMILES string of the molecule is CO[C@@H]1[C@@H](O)[C@H](O[C@H]2CC[C@@]3(C)[C@@H](CC[C@@H]4[C@@H]3CC[C@]3(C)[C@@H](C5=CC(=O)OC5)CC[C@@]43O)C2)O[C@H](C)[C@@H]1O[C@@H]1OC[C@@H](O)[C@H](O)[C@H]1O. The highest BCUT2D eigenvalue weighted by Gasteiger charge is 2.68. The largest absolute Gasteiger partial charge is 0.458 e. The van der Waals surface area contributed by atoms with Crippen LogP contribution >= 0.6 is 0 Å². The highest BCUT2D eigenvalue weighted by atomic mass is 16.7. The number of hydrogen-bond acceptors (Lipinski definition) is 12. The number of esters is 1. The van der Waals surface area contributed by atoms with Crippen LogP contribution in [0.1, 0.15) is 78.6 Å². The molecule has 12 heteroatoms. The number of aliphatic hydroxyl groups is 5. The van der Waals surface area contributed by atoms with Crippen molar-refractivity contribution in [3.8, 4) is 0 Å². The molecule has 0 spiro atoms. The molecular weight excluding hydrogens is 612 g/mol. The van der Waals surface area contributed by atoms with Crippen molar-refractivity contribution in [3.63, 3.8) is 0 Å². The Morgan fingerprint density at radius 1 is 0.872 bits per heavy atom. The zero-order valence-electron chi connectivity index (χ0n) is 28.0. The Kier molecular flexibility index (Phi) is 9.14. The Morgan fingerprint density at radius 2 is 1.66 bits per heavy atom. The van der Waals surface area contributed by atoms with E-state index >= 15 is 0 Å².